The number of hydrogen-bond acceptors (Lipinski definition) is 6. The number of non-ortho nitro benzene ring substituents is 1. The van der Waals surface area contributed by atoms with Gasteiger partial charge in [-0.05, 0) is 17.2 Å². The number of nitro groups is 1. The molecule has 8 heteroatoms. The summed E-state index contributed by atoms with van der Waals surface area (Å²) in [7, 11) is 0. The molecule has 1 aliphatic rings. The molecule has 0 spiro atoms. The molecule has 4 N–H and O–H groups in total. The number of rotatable bonds is 7. The molecular weight excluding hydrogens is 406 g/mol. The molecule has 0 aromatic heterocycles. The average Bonchev–Trinajstić information content (AvgIpc) is 3.30. The second-order valence-electron chi connectivity index (χ2n) is 7.21. The molecule has 3 aromatic rings. The van der Waals surface area contributed by atoms with Gasteiger partial charge in [0, 0.05) is 17.7 Å². The van der Waals surface area contributed by atoms with E-state index in [1.54, 1.807) is 12.1 Å². The summed E-state index contributed by atoms with van der Waals surface area (Å²) in [5.74, 6) is -0.419. The van der Waals surface area contributed by atoms with Crippen molar-refractivity contribution in [1.82, 2.24) is 21.7 Å². The van der Waals surface area contributed by atoms with Crippen molar-refractivity contribution in [2.45, 2.75) is 5.54 Å². The zero-order valence-corrected chi connectivity index (χ0v) is 17.0. The first-order valence-corrected chi connectivity index (χ1v) is 9.87. The van der Waals surface area contributed by atoms with Crippen LogP contribution in [0.1, 0.15) is 16.7 Å². The van der Waals surface area contributed by atoms with E-state index in [4.69, 9.17) is 0 Å². The highest BCUT2D eigenvalue weighted by Crippen LogP contribution is 2.34. The standard InChI is InChI=1S/C24H21N5O3/c1-17(18-9-8-14-21(15-18)29(31)32)25-27-23(30)22-16-24(28-26-22,19-10-4-2-5-11-19)20-12-6-3-7-13-20/h2-16,25-26,28H,1H2,(H,27,30). The topological polar surface area (TPSA) is 108 Å². The Morgan fingerprint density at radius 1 is 0.906 bits per heavy atom. The molecule has 32 heavy (non-hydrogen) atoms. The van der Waals surface area contributed by atoms with Crippen molar-refractivity contribution in [3.05, 3.63) is 130 Å². The number of carbonyl (C=O) groups excluding carboxylic acids is 1. The maximum Gasteiger partial charge on any atom is 0.286 e. The Balaban J connectivity index is 1.54. The minimum absolute atomic E-state index is 0.0587. The highest BCUT2D eigenvalue weighted by atomic mass is 16.6. The lowest BCUT2D eigenvalue weighted by Gasteiger charge is -2.28. The molecule has 0 bridgehead atoms. The van der Waals surface area contributed by atoms with Crippen molar-refractivity contribution in [1.29, 1.82) is 0 Å². The Hall–Kier alpha value is -4.43. The van der Waals surface area contributed by atoms with Gasteiger partial charge in [0.25, 0.3) is 11.6 Å². The molecule has 0 aliphatic carbocycles. The molecule has 0 atom stereocenters. The van der Waals surface area contributed by atoms with Crippen molar-refractivity contribution >= 4 is 17.3 Å². The SMILES string of the molecule is C=C(NNC(=O)C1=CC(c2ccccc2)(c2ccccc2)NN1)c1cccc([N+](=O)[O-])c1. The predicted octanol–water partition coefficient (Wildman–Crippen LogP) is 3.12. The van der Waals surface area contributed by atoms with E-state index in [9.17, 15) is 14.9 Å². The third-order valence-corrected chi connectivity index (χ3v) is 5.19. The van der Waals surface area contributed by atoms with Crippen LogP contribution in [0.2, 0.25) is 0 Å². The molecule has 8 nitrogen and oxygen atoms in total. The Bertz CT molecular complexity index is 1150. The van der Waals surface area contributed by atoms with Gasteiger partial charge in [0.15, 0.2) is 0 Å². The third kappa shape index (κ3) is 4.07. The van der Waals surface area contributed by atoms with Crippen LogP contribution in [0.15, 0.2) is 103 Å². The van der Waals surface area contributed by atoms with Gasteiger partial charge in [0.2, 0.25) is 0 Å². The lowest BCUT2D eigenvalue weighted by Crippen LogP contribution is -2.45. The van der Waals surface area contributed by atoms with E-state index in [0.29, 0.717) is 17.0 Å². The number of nitrogens with zero attached hydrogens (tertiary/aromatic N) is 1. The third-order valence-electron chi connectivity index (χ3n) is 5.19. The van der Waals surface area contributed by atoms with E-state index in [0.717, 1.165) is 11.1 Å². The summed E-state index contributed by atoms with van der Waals surface area (Å²) in [6.07, 6.45) is 1.82. The Labute approximate surface area is 184 Å². The second-order valence-corrected chi connectivity index (χ2v) is 7.21. The molecule has 3 aromatic carbocycles. The van der Waals surface area contributed by atoms with Crippen molar-refractivity contribution in [2.24, 2.45) is 0 Å². The van der Waals surface area contributed by atoms with Crippen LogP contribution in [0, 0.1) is 10.1 Å². The Morgan fingerprint density at radius 2 is 1.53 bits per heavy atom. The van der Waals surface area contributed by atoms with Crippen molar-refractivity contribution in [3.63, 3.8) is 0 Å². The summed E-state index contributed by atoms with van der Waals surface area (Å²) in [4.78, 5) is 23.3. The van der Waals surface area contributed by atoms with E-state index in [1.165, 1.54) is 12.1 Å². The molecular formula is C24H21N5O3. The van der Waals surface area contributed by atoms with Crippen LogP contribution < -0.4 is 21.7 Å². The molecule has 0 saturated heterocycles. The molecule has 160 valence electrons. The van der Waals surface area contributed by atoms with E-state index >= 15 is 0 Å². The fourth-order valence-electron chi connectivity index (χ4n) is 3.54. The fraction of sp³-hybridized carbons (Fsp3) is 0.0417. The Kier molecular flexibility index (Phi) is 5.69. The lowest BCUT2D eigenvalue weighted by atomic mass is 9.83. The first-order valence-electron chi connectivity index (χ1n) is 9.87. The maximum absolute atomic E-state index is 12.8. The summed E-state index contributed by atoms with van der Waals surface area (Å²) in [6.45, 7) is 3.84. The molecule has 0 radical (unpaired) electrons. The fourth-order valence-corrected chi connectivity index (χ4v) is 3.54. The van der Waals surface area contributed by atoms with Gasteiger partial charge in [0.1, 0.15) is 11.2 Å². The van der Waals surface area contributed by atoms with Gasteiger partial charge in [-0.2, -0.15) is 0 Å². The first-order chi connectivity index (χ1) is 15.5. The quantitative estimate of drug-likeness (QED) is 0.341. The maximum atomic E-state index is 12.8. The molecule has 0 unspecified atom stereocenters. The van der Waals surface area contributed by atoms with Crippen LogP contribution in [0.4, 0.5) is 5.69 Å². The number of amides is 1. The Morgan fingerprint density at radius 3 is 2.12 bits per heavy atom. The van der Waals surface area contributed by atoms with Gasteiger partial charge in [-0.25, -0.2) is 5.43 Å². The number of hydrogen-bond donors (Lipinski definition) is 4. The number of nitro benzene ring substituents is 1. The van der Waals surface area contributed by atoms with Gasteiger partial charge in [-0.15, -0.1) is 0 Å². The molecule has 1 amide bonds. The molecule has 1 heterocycles. The summed E-state index contributed by atoms with van der Waals surface area (Å²) >= 11 is 0. The minimum atomic E-state index is -0.730. The number of hydrazine groups is 2. The normalized spacial score (nSPS) is 14.1. The molecule has 0 fully saturated rings. The largest absolute Gasteiger partial charge is 0.315 e. The lowest BCUT2D eigenvalue weighted by molar-refractivity contribution is -0.384. The smallest absolute Gasteiger partial charge is 0.286 e. The van der Waals surface area contributed by atoms with Crippen LogP contribution in [0.3, 0.4) is 0 Å². The molecule has 1 aliphatic heterocycles. The van der Waals surface area contributed by atoms with Crippen molar-refractivity contribution in [2.75, 3.05) is 0 Å². The van der Waals surface area contributed by atoms with Gasteiger partial charge >= 0.3 is 0 Å². The average molecular weight is 427 g/mol. The van der Waals surface area contributed by atoms with Crippen LogP contribution in [0.25, 0.3) is 5.70 Å². The van der Waals surface area contributed by atoms with Crippen molar-refractivity contribution in [3.8, 4) is 0 Å². The number of benzene rings is 3. The highest BCUT2D eigenvalue weighted by molar-refractivity contribution is 5.94. The van der Waals surface area contributed by atoms with Gasteiger partial charge < -0.3 is 5.43 Å². The zero-order valence-electron chi connectivity index (χ0n) is 17.0. The van der Waals surface area contributed by atoms with E-state index in [1.807, 2.05) is 66.7 Å². The highest BCUT2D eigenvalue weighted by Gasteiger charge is 2.38. The van der Waals surface area contributed by atoms with Crippen LogP contribution in [-0.2, 0) is 10.3 Å². The van der Waals surface area contributed by atoms with Gasteiger partial charge in [0.05, 0.1) is 10.6 Å². The first kappa shape index (κ1) is 20.8. The van der Waals surface area contributed by atoms with E-state index in [2.05, 4.69) is 28.3 Å². The monoisotopic (exact) mass is 427 g/mol. The summed E-state index contributed by atoms with van der Waals surface area (Å²) in [5.41, 5.74) is 13.8. The van der Waals surface area contributed by atoms with Crippen LogP contribution in [0.5, 0.6) is 0 Å². The van der Waals surface area contributed by atoms with E-state index < -0.39 is 16.4 Å². The van der Waals surface area contributed by atoms with Crippen LogP contribution in [-0.4, -0.2) is 10.8 Å². The van der Waals surface area contributed by atoms with E-state index in [-0.39, 0.29) is 5.69 Å². The number of carbonyl (C=O) groups is 1. The molecule has 4 rings (SSSR count). The van der Waals surface area contributed by atoms with Crippen LogP contribution >= 0.6 is 0 Å². The second kappa shape index (κ2) is 8.75. The molecule has 0 saturated carbocycles. The minimum Gasteiger partial charge on any atom is -0.315 e. The zero-order chi connectivity index (χ0) is 22.6. The predicted molar refractivity (Wildman–Crippen MR) is 121 cm³/mol. The number of nitrogens with one attached hydrogen (secondary N) is 4. The van der Waals surface area contributed by atoms with Crippen molar-refractivity contribution < 1.29 is 9.72 Å². The van der Waals surface area contributed by atoms with Gasteiger partial charge in [-0.1, -0.05) is 79.4 Å². The summed E-state index contributed by atoms with van der Waals surface area (Å²) < 4.78 is 0. The van der Waals surface area contributed by atoms with Gasteiger partial charge in [-0.3, -0.25) is 25.8 Å². The summed E-state index contributed by atoms with van der Waals surface area (Å²) in [6, 6.07) is 25.6. The summed E-state index contributed by atoms with van der Waals surface area (Å²) in [5, 5.41) is 11.0.